The third-order valence-corrected chi connectivity index (χ3v) is 11.1. The summed E-state index contributed by atoms with van der Waals surface area (Å²) in [5, 5.41) is 0. The average Bonchev–Trinajstić information content (AvgIpc) is 3.27. The second kappa shape index (κ2) is 16.6. The minimum Gasteiger partial charge on any atom is -0.293 e. The van der Waals surface area contributed by atoms with Gasteiger partial charge in [0.05, 0.1) is 10.8 Å². The van der Waals surface area contributed by atoms with E-state index in [1.54, 1.807) is 12.2 Å². The molecule has 2 aliphatic carbocycles. The standard InChI is InChI=1S/2C27H22O2/c2*1-19-18-23-10-6-7-11-24(23)27(2,26(19)29)17-16-25(28)22-14-12-21(13-15-22)20-8-4-3-5-9-20/h2*3-18H,1-2H3/b2*17-16-/t2*27-/m11/s1. The van der Waals surface area contributed by atoms with Crippen LogP contribution in [0.3, 0.4) is 0 Å². The summed E-state index contributed by atoms with van der Waals surface area (Å²) in [6.45, 7) is 7.42. The van der Waals surface area contributed by atoms with Gasteiger partial charge in [-0.1, -0.05) is 170 Å². The van der Waals surface area contributed by atoms with E-state index >= 15 is 0 Å². The van der Waals surface area contributed by atoms with E-state index in [9.17, 15) is 19.2 Å². The number of rotatable bonds is 8. The molecule has 0 saturated heterocycles. The van der Waals surface area contributed by atoms with Gasteiger partial charge in [-0.2, -0.15) is 0 Å². The molecule has 0 aromatic heterocycles. The number of Topliss-reactive ketones (excluding diaryl/α,β-unsaturated/α-hetero) is 2. The van der Waals surface area contributed by atoms with Crippen LogP contribution in [0, 0.1) is 0 Å². The van der Waals surface area contributed by atoms with Crippen molar-refractivity contribution < 1.29 is 19.2 Å². The van der Waals surface area contributed by atoms with Gasteiger partial charge in [0.15, 0.2) is 23.1 Å². The van der Waals surface area contributed by atoms with Crippen LogP contribution in [0.2, 0.25) is 0 Å². The Kier molecular flexibility index (Phi) is 11.2. The maximum atomic E-state index is 12.9. The van der Waals surface area contributed by atoms with Gasteiger partial charge in [0.1, 0.15) is 0 Å². The zero-order valence-electron chi connectivity index (χ0n) is 33.1. The van der Waals surface area contributed by atoms with E-state index < -0.39 is 10.8 Å². The zero-order valence-corrected chi connectivity index (χ0v) is 33.1. The molecule has 4 nitrogen and oxygen atoms in total. The molecule has 4 heteroatoms. The van der Waals surface area contributed by atoms with Crippen molar-refractivity contribution in [2.24, 2.45) is 0 Å². The number of benzene rings is 6. The van der Waals surface area contributed by atoms with E-state index in [0.717, 1.165) is 44.5 Å². The van der Waals surface area contributed by atoms with Crippen LogP contribution >= 0.6 is 0 Å². The summed E-state index contributed by atoms with van der Waals surface area (Å²) in [5.74, 6) is -0.161. The normalized spacial score (nSPS) is 18.4. The summed E-state index contributed by atoms with van der Waals surface area (Å²) in [6.07, 6.45) is 10.4. The molecule has 8 rings (SSSR count). The highest BCUT2D eigenvalue weighted by Crippen LogP contribution is 2.38. The van der Waals surface area contributed by atoms with Gasteiger partial charge in [-0.25, -0.2) is 0 Å². The lowest BCUT2D eigenvalue weighted by Gasteiger charge is -2.31. The number of carbonyl (C=O) groups excluding carboxylic acids is 4. The predicted molar refractivity (Wildman–Crippen MR) is 236 cm³/mol. The second-order valence-corrected chi connectivity index (χ2v) is 15.2. The fraction of sp³-hybridized carbons (Fsp3) is 0.111. The third-order valence-electron chi connectivity index (χ3n) is 11.1. The molecule has 58 heavy (non-hydrogen) atoms. The highest BCUT2D eigenvalue weighted by molar-refractivity contribution is 6.13. The van der Waals surface area contributed by atoms with E-state index in [0.29, 0.717) is 22.3 Å². The molecule has 0 radical (unpaired) electrons. The molecule has 0 fully saturated rings. The molecule has 2 atom stereocenters. The molecule has 0 unspecified atom stereocenters. The largest absolute Gasteiger partial charge is 0.293 e. The first kappa shape index (κ1) is 39.2. The van der Waals surface area contributed by atoms with Crippen LogP contribution < -0.4 is 0 Å². The van der Waals surface area contributed by atoms with Crippen molar-refractivity contribution in [1.29, 1.82) is 0 Å². The van der Waals surface area contributed by atoms with Gasteiger partial charge < -0.3 is 0 Å². The lowest BCUT2D eigenvalue weighted by molar-refractivity contribution is -0.119. The molecule has 0 N–H and O–H groups in total. The first-order valence-electron chi connectivity index (χ1n) is 19.4. The maximum Gasteiger partial charge on any atom is 0.185 e. The molecule has 0 heterocycles. The molecule has 0 saturated carbocycles. The van der Waals surface area contributed by atoms with Crippen molar-refractivity contribution >= 4 is 35.3 Å². The number of carbonyl (C=O) groups is 4. The average molecular weight is 757 g/mol. The summed E-state index contributed by atoms with van der Waals surface area (Å²) in [7, 11) is 0. The van der Waals surface area contributed by atoms with Crippen LogP contribution in [0.15, 0.2) is 193 Å². The van der Waals surface area contributed by atoms with Gasteiger partial charge >= 0.3 is 0 Å². The molecule has 0 amide bonds. The highest BCUT2D eigenvalue weighted by Gasteiger charge is 2.38. The predicted octanol–water partition coefficient (Wildman–Crippen LogP) is 12.1. The van der Waals surface area contributed by atoms with Crippen molar-refractivity contribution in [2.75, 3.05) is 0 Å². The summed E-state index contributed by atoms with van der Waals surface area (Å²) in [4.78, 5) is 51.4. The Hall–Kier alpha value is -7.04. The van der Waals surface area contributed by atoms with E-state index in [4.69, 9.17) is 0 Å². The van der Waals surface area contributed by atoms with Gasteiger partial charge in [0.25, 0.3) is 0 Å². The summed E-state index contributed by atoms with van der Waals surface area (Å²) in [6, 6.07) is 50.9. The Morgan fingerprint density at radius 2 is 0.724 bits per heavy atom. The zero-order chi connectivity index (χ0) is 40.9. The summed E-state index contributed by atoms with van der Waals surface area (Å²) >= 11 is 0. The molecular weight excluding hydrogens is 713 g/mol. The summed E-state index contributed by atoms with van der Waals surface area (Å²) < 4.78 is 0. The molecule has 0 aliphatic heterocycles. The van der Waals surface area contributed by atoms with E-state index in [1.807, 2.05) is 198 Å². The molecule has 0 spiro atoms. The third kappa shape index (κ3) is 7.96. The van der Waals surface area contributed by atoms with E-state index in [1.165, 1.54) is 12.2 Å². The lowest BCUT2D eigenvalue weighted by atomic mass is 9.70. The number of hydrogen-bond acceptors (Lipinski definition) is 4. The SMILES string of the molecule is CC1=Cc2ccccc2[C@@](C)(/C=C\C(=O)c2ccc(-c3ccccc3)cc2)C1=O.CC1=Cc2ccccc2[C@@](C)(/C=C\C(=O)c2ccc(-c3ccccc3)cc2)C1=O. The number of fused-ring (bicyclic) bond motifs is 2. The Balaban J connectivity index is 0.000000177. The molecule has 2 aliphatic rings. The summed E-state index contributed by atoms with van der Waals surface area (Å²) in [5.41, 5.74) is 9.20. The molecule has 284 valence electrons. The van der Waals surface area contributed by atoms with Gasteiger partial charge in [-0.15, -0.1) is 0 Å². The Morgan fingerprint density at radius 1 is 0.414 bits per heavy atom. The van der Waals surface area contributed by atoms with Crippen molar-refractivity contribution in [2.45, 2.75) is 38.5 Å². The smallest absolute Gasteiger partial charge is 0.185 e. The van der Waals surface area contributed by atoms with Crippen LogP contribution in [-0.2, 0) is 20.4 Å². The molecule has 0 bridgehead atoms. The molecular formula is C54H44O4. The molecule has 6 aromatic rings. The van der Waals surface area contributed by atoms with Crippen LogP contribution in [0.5, 0.6) is 0 Å². The topological polar surface area (TPSA) is 68.3 Å². The van der Waals surface area contributed by atoms with Crippen molar-refractivity contribution in [1.82, 2.24) is 0 Å². The van der Waals surface area contributed by atoms with Gasteiger partial charge in [0, 0.05) is 11.1 Å². The number of ketones is 4. The second-order valence-electron chi connectivity index (χ2n) is 15.2. The maximum absolute atomic E-state index is 12.9. The van der Waals surface area contributed by atoms with Gasteiger partial charge in [-0.05, 0) is 108 Å². The number of hydrogen-bond donors (Lipinski definition) is 0. The van der Waals surface area contributed by atoms with Gasteiger partial charge in [0.2, 0.25) is 0 Å². The Labute approximate surface area is 340 Å². The van der Waals surface area contributed by atoms with Gasteiger partial charge in [-0.3, -0.25) is 19.2 Å². The van der Waals surface area contributed by atoms with E-state index in [2.05, 4.69) is 0 Å². The number of allylic oxidation sites excluding steroid dienone is 6. The van der Waals surface area contributed by atoms with Crippen molar-refractivity contribution in [3.8, 4) is 22.3 Å². The van der Waals surface area contributed by atoms with Crippen LogP contribution in [-0.4, -0.2) is 23.1 Å². The van der Waals surface area contributed by atoms with Crippen LogP contribution in [0.1, 0.15) is 70.7 Å². The fourth-order valence-electron chi connectivity index (χ4n) is 7.78. The first-order chi connectivity index (χ1) is 28.0. The van der Waals surface area contributed by atoms with Crippen LogP contribution in [0.4, 0.5) is 0 Å². The van der Waals surface area contributed by atoms with Crippen molar-refractivity contribution in [3.63, 3.8) is 0 Å². The quantitative estimate of drug-likeness (QED) is 0.115. The highest BCUT2D eigenvalue weighted by atomic mass is 16.1. The molecule has 6 aromatic carbocycles. The monoisotopic (exact) mass is 756 g/mol. The Bertz CT molecular complexity index is 2460. The minimum atomic E-state index is -0.838. The Morgan fingerprint density at radius 3 is 1.09 bits per heavy atom. The lowest BCUT2D eigenvalue weighted by Crippen LogP contribution is -2.34. The first-order valence-corrected chi connectivity index (χ1v) is 19.4. The fourth-order valence-corrected chi connectivity index (χ4v) is 7.78. The van der Waals surface area contributed by atoms with E-state index in [-0.39, 0.29) is 23.1 Å². The van der Waals surface area contributed by atoms with Crippen molar-refractivity contribution in [3.05, 3.63) is 227 Å². The minimum absolute atomic E-state index is 0.0275. The van der Waals surface area contributed by atoms with Crippen LogP contribution in [0.25, 0.3) is 34.4 Å².